The van der Waals surface area contributed by atoms with Gasteiger partial charge < -0.3 is 14.7 Å². The van der Waals surface area contributed by atoms with E-state index in [0.29, 0.717) is 12.8 Å². The van der Waals surface area contributed by atoms with Gasteiger partial charge in [-0.1, -0.05) is 18.2 Å². The number of rotatable bonds is 4. The highest BCUT2D eigenvalue weighted by atomic mass is 32.2. The van der Waals surface area contributed by atoms with E-state index < -0.39 is 28.2 Å². The van der Waals surface area contributed by atoms with Crippen molar-refractivity contribution in [3.8, 4) is 0 Å². The molecule has 0 spiro atoms. The summed E-state index contributed by atoms with van der Waals surface area (Å²) >= 11 is 0. The van der Waals surface area contributed by atoms with Gasteiger partial charge in [-0.15, -0.1) is 0 Å². The van der Waals surface area contributed by atoms with Crippen molar-refractivity contribution in [2.24, 2.45) is 0 Å². The lowest BCUT2D eigenvalue weighted by molar-refractivity contribution is -0.155. The summed E-state index contributed by atoms with van der Waals surface area (Å²) < 4.78 is 31.8. The van der Waals surface area contributed by atoms with E-state index in [1.807, 2.05) is 0 Å². The quantitative estimate of drug-likeness (QED) is 0.811. The molecule has 2 aliphatic heterocycles. The number of nitrogens with zero attached hydrogens (tertiary/aromatic N) is 2. The molecule has 0 bridgehead atoms. The van der Waals surface area contributed by atoms with Gasteiger partial charge >= 0.3 is 5.97 Å². The van der Waals surface area contributed by atoms with Crippen molar-refractivity contribution in [1.29, 1.82) is 0 Å². The molecule has 2 aliphatic rings. The van der Waals surface area contributed by atoms with E-state index in [9.17, 15) is 18.0 Å². The van der Waals surface area contributed by atoms with Crippen molar-refractivity contribution in [1.82, 2.24) is 9.21 Å². The minimum absolute atomic E-state index is 0.206. The number of ether oxygens (including phenoxy) is 1. The summed E-state index contributed by atoms with van der Waals surface area (Å²) in [5.41, 5.74) is 0. The largest absolute Gasteiger partial charge is 0.479 e. The molecule has 136 valence electrons. The van der Waals surface area contributed by atoms with Crippen LogP contribution in [0.25, 0.3) is 0 Å². The summed E-state index contributed by atoms with van der Waals surface area (Å²) in [6.07, 6.45) is -1.00. The van der Waals surface area contributed by atoms with Crippen LogP contribution in [0, 0.1) is 0 Å². The van der Waals surface area contributed by atoms with Gasteiger partial charge in [-0.05, 0) is 25.0 Å². The zero-order chi connectivity index (χ0) is 18.0. The van der Waals surface area contributed by atoms with Crippen LogP contribution in [0.3, 0.4) is 0 Å². The first-order chi connectivity index (χ1) is 11.9. The van der Waals surface area contributed by atoms with Crippen LogP contribution >= 0.6 is 0 Å². The minimum Gasteiger partial charge on any atom is -0.479 e. The summed E-state index contributed by atoms with van der Waals surface area (Å²) in [5, 5.41) is 8.93. The Hall–Kier alpha value is -1.97. The zero-order valence-electron chi connectivity index (χ0n) is 13.6. The Kier molecular flexibility index (Phi) is 5.07. The Morgan fingerprint density at radius 2 is 1.60 bits per heavy atom. The van der Waals surface area contributed by atoms with E-state index in [1.54, 1.807) is 35.2 Å². The Morgan fingerprint density at radius 3 is 2.16 bits per heavy atom. The van der Waals surface area contributed by atoms with E-state index in [2.05, 4.69) is 0 Å². The fraction of sp³-hybridized carbons (Fsp3) is 0.500. The van der Waals surface area contributed by atoms with Crippen molar-refractivity contribution in [2.45, 2.75) is 29.9 Å². The third-order valence-electron chi connectivity index (χ3n) is 4.50. The number of sulfonamides is 1. The number of piperazine rings is 1. The van der Waals surface area contributed by atoms with E-state index in [1.165, 1.54) is 4.31 Å². The van der Waals surface area contributed by atoms with Gasteiger partial charge in [-0.3, -0.25) is 4.79 Å². The van der Waals surface area contributed by atoms with E-state index in [0.717, 1.165) is 0 Å². The first-order valence-corrected chi connectivity index (χ1v) is 9.56. The second-order valence-electron chi connectivity index (χ2n) is 6.07. The molecule has 1 aromatic rings. The molecular weight excluding hydrogens is 348 g/mol. The Morgan fingerprint density at radius 1 is 1.00 bits per heavy atom. The highest BCUT2D eigenvalue weighted by Gasteiger charge is 2.38. The predicted octanol–water partition coefficient (Wildman–Crippen LogP) is 0.152. The first-order valence-electron chi connectivity index (χ1n) is 8.12. The predicted molar refractivity (Wildman–Crippen MR) is 87.3 cm³/mol. The van der Waals surface area contributed by atoms with Crippen LogP contribution in [-0.2, 0) is 24.3 Å². The number of amides is 1. The Balaban J connectivity index is 1.59. The fourth-order valence-electron chi connectivity index (χ4n) is 3.09. The molecule has 0 aliphatic carbocycles. The Bertz CT molecular complexity index is 743. The maximum Gasteiger partial charge on any atom is 0.332 e. The Labute approximate surface area is 146 Å². The number of aliphatic carboxylic acids is 1. The standard InChI is InChI=1S/C16H20N2O6S/c19-15(13-6-7-14(24-13)16(20)21)17-8-10-18(11-9-17)25(22,23)12-4-2-1-3-5-12/h1-5,13-14H,6-11H2,(H,20,21)/t13-,14+/m0/s1. The molecule has 1 aromatic carbocycles. The monoisotopic (exact) mass is 368 g/mol. The van der Waals surface area contributed by atoms with Crippen LogP contribution in [0.2, 0.25) is 0 Å². The molecule has 9 heteroatoms. The summed E-state index contributed by atoms with van der Waals surface area (Å²) in [6.45, 7) is 0.946. The molecule has 0 radical (unpaired) electrons. The van der Waals surface area contributed by atoms with Crippen molar-refractivity contribution in [2.75, 3.05) is 26.2 Å². The van der Waals surface area contributed by atoms with E-state index in [-0.39, 0.29) is 37.0 Å². The van der Waals surface area contributed by atoms with Crippen molar-refractivity contribution < 1.29 is 27.9 Å². The van der Waals surface area contributed by atoms with E-state index in [4.69, 9.17) is 9.84 Å². The molecule has 2 saturated heterocycles. The number of hydrogen-bond donors (Lipinski definition) is 1. The molecular formula is C16H20N2O6S. The molecule has 0 unspecified atom stereocenters. The molecule has 8 nitrogen and oxygen atoms in total. The lowest BCUT2D eigenvalue weighted by Crippen LogP contribution is -2.52. The number of carboxylic acids is 1. The third kappa shape index (κ3) is 3.68. The van der Waals surface area contributed by atoms with Crippen molar-refractivity contribution in [3.63, 3.8) is 0 Å². The number of carbonyl (C=O) groups excluding carboxylic acids is 1. The zero-order valence-corrected chi connectivity index (χ0v) is 14.4. The summed E-state index contributed by atoms with van der Waals surface area (Å²) in [5.74, 6) is -1.32. The molecule has 0 aromatic heterocycles. The maximum absolute atomic E-state index is 12.6. The highest BCUT2D eigenvalue weighted by molar-refractivity contribution is 7.89. The molecule has 2 heterocycles. The maximum atomic E-state index is 12.6. The van der Waals surface area contributed by atoms with Gasteiger partial charge in [0.05, 0.1) is 4.90 Å². The van der Waals surface area contributed by atoms with Gasteiger partial charge in [0.2, 0.25) is 10.0 Å². The van der Waals surface area contributed by atoms with Crippen LogP contribution in [0.5, 0.6) is 0 Å². The first kappa shape index (κ1) is 17.8. The van der Waals surface area contributed by atoms with Gasteiger partial charge in [-0.25, -0.2) is 13.2 Å². The highest BCUT2D eigenvalue weighted by Crippen LogP contribution is 2.23. The van der Waals surface area contributed by atoms with Crippen LogP contribution in [-0.4, -0.2) is 73.0 Å². The minimum atomic E-state index is -3.56. The van der Waals surface area contributed by atoms with Crippen LogP contribution in [0.4, 0.5) is 0 Å². The lowest BCUT2D eigenvalue weighted by atomic mass is 10.1. The normalized spacial score (nSPS) is 25.0. The molecule has 3 rings (SSSR count). The average molecular weight is 368 g/mol. The van der Waals surface area contributed by atoms with Crippen molar-refractivity contribution in [3.05, 3.63) is 30.3 Å². The van der Waals surface area contributed by atoms with Gasteiger partial charge in [0, 0.05) is 26.2 Å². The SMILES string of the molecule is O=C(O)[C@H]1CC[C@@H](C(=O)N2CCN(S(=O)(=O)c3ccccc3)CC2)O1. The summed E-state index contributed by atoms with van der Waals surface area (Å²) in [4.78, 5) is 25.1. The number of hydrogen-bond acceptors (Lipinski definition) is 5. The van der Waals surface area contributed by atoms with Crippen LogP contribution < -0.4 is 0 Å². The summed E-state index contributed by atoms with van der Waals surface area (Å²) in [6, 6.07) is 8.18. The lowest BCUT2D eigenvalue weighted by Gasteiger charge is -2.35. The average Bonchev–Trinajstić information content (AvgIpc) is 3.12. The molecule has 2 fully saturated rings. The second-order valence-corrected chi connectivity index (χ2v) is 8.01. The number of carbonyl (C=O) groups is 2. The van der Waals surface area contributed by atoms with Crippen LogP contribution in [0.1, 0.15) is 12.8 Å². The topological polar surface area (TPSA) is 104 Å². The van der Waals surface area contributed by atoms with Gasteiger partial charge in [-0.2, -0.15) is 4.31 Å². The molecule has 1 N–H and O–H groups in total. The van der Waals surface area contributed by atoms with Crippen molar-refractivity contribution >= 4 is 21.9 Å². The second kappa shape index (κ2) is 7.11. The van der Waals surface area contributed by atoms with Gasteiger partial charge in [0.15, 0.2) is 6.10 Å². The van der Waals surface area contributed by atoms with Gasteiger partial charge in [0.25, 0.3) is 5.91 Å². The van der Waals surface area contributed by atoms with Crippen LogP contribution in [0.15, 0.2) is 35.2 Å². The smallest absolute Gasteiger partial charge is 0.332 e. The number of carboxylic acid groups (broad SMARTS) is 1. The molecule has 25 heavy (non-hydrogen) atoms. The van der Waals surface area contributed by atoms with E-state index >= 15 is 0 Å². The third-order valence-corrected chi connectivity index (χ3v) is 6.41. The molecule has 1 amide bonds. The number of benzene rings is 1. The molecule has 2 atom stereocenters. The molecule has 0 saturated carbocycles. The van der Waals surface area contributed by atoms with Gasteiger partial charge in [0.1, 0.15) is 6.10 Å². The fourth-order valence-corrected chi connectivity index (χ4v) is 4.54. The summed E-state index contributed by atoms with van der Waals surface area (Å²) in [7, 11) is -3.56.